The zero-order valence-corrected chi connectivity index (χ0v) is 10.9. The Balaban J connectivity index is 4.47. The van der Waals surface area contributed by atoms with Crippen LogP contribution >= 0.6 is 0 Å². The first kappa shape index (κ1) is 15.6. The van der Waals surface area contributed by atoms with E-state index in [1.165, 1.54) is 13.2 Å². The minimum atomic E-state index is -0.367. The SMILES string of the molecule is CCCCCC(C=C=C(O)OCC)C(=O)OC. The first-order chi connectivity index (χ1) is 8.15. The van der Waals surface area contributed by atoms with Crippen LogP contribution in [0.2, 0.25) is 0 Å². The highest BCUT2D eigenvalue weighted by molar-refractivity contribution is 5.74. The van der Waals surface area contributed by atoms with Gasteiger partial charge >= 0.3 is 11.9 Å². The van der Waals surface area contributed by atoms with E-state index in [0.717, 1.165) is 19.3 Å². The van der Waals surface area contributed by atoms with Crippen molar-refractivity contribution in [2.24, 2.45) is 5.92 Å². The van der Waals surface area contributed by atoms with Crippen LogP contribution in [-0.4, -0.2) is 24.8 Å². The lowest BCUT2D eigenvalue weighted by atomic mass is 10.0. The zero-order valence-electron chi connectivity index (χ0n) is 10.9. The number of carbonyl (C=O) groups excluding carboxylic acids is 1. The fourth-order valence-corrected chi connectivity index (χ4v) is 1.39. The largest absolute Gasteiger partial charge is 0.475 e. The van der Waals surface area contributed by atoms with Gasteiger partial charge in [0.05, 0.1) is 19.6 Å². The predicted octanol–water partition coefficient (Wildman–Crippen LogP) is 2.95. The first-order valence-electron chi connectivity index (χ1n) is 6.02. The molecule has 0 fully saturated rings. The van der Waals surface area contributed by atoms with Crippen molar-refractivity contribution >= 4 is 5.97 Å². The zero-order chi connectivity index (χ0) is 13.1. The molecule has 4 heteroatoms. The standard InChI is InChI=1S/C13H22O4/c1-4-6-7-8-11(13(15)16-3)9-10-12(14)17-5-2/h9,11,14H,4-8H2,1-3H3. The molecule has 1 N–H and O–H groups in total. The summed E-state index contributed by atoms with van der Waals surface area (Å²) in [6.45, 7) is 4.23. The molecule has 17 heavy (non-hydrogen) atoms. The average Bonchev–Trinajstić information content (AvgIpc) is 2.33. The van der Waals surface area contributed by atoms with Gasteiger partial charge in [-0.15, -0.1) is 0 Å². The molecule has 1 unspecified atom stereocenters. The van der Waals surface area contributed by atoms with E-state index in [0.29, 0.717) is 13.0 Å². The quantitative estimate of drug-likeness (QED) is 0.308. The van der Waals surface area contributed by atoms with Gasteiger partial charge in [-0.3, -0.25) is 4.79 Å². The molecule has 0 bridgehead atoms. The van der Waals surface area contributed by atoms with Gasteiger partial charge in [0.15, 0.2) is 0 Å². The number of methoxy groups -OCH3 is 1. The molecular formula is C13H22O4. The van der Waals surface area contributed by atoms with Gasteiger partial charge in [0.2, 0.25) is 0 Å². The Morgan fingerprint density at radius 2 is 2.12 bits per heavy atom. The summed E-state index contributed by atoms with van der Waals surface area (Å²) in [7, 11) is 1.36. The molecular weight excluding hydrogens is 220 g/mol. The number of unbranched alkanes of at least 4 members (excludes halogenated alkanes) is 2. The maximum atomic E-state index is 11.5. The van der Waals surface area contributed by atoms with E-state index in [2.05, 4.69) is 12.7 Å². The Hall–Kier alpha value is -1.41. The molecule has 0 aliphatic carbocycles. The van der Waals surface area contributed by atoms with Gasteiger partial charge in [0, 0.05) is 0 Å². The summed E-state index contributed by atoms with van der Waals surface area (Å²) in [4.78, 5) is 11.5. The molecule has 0 amide bonds. The maximum absolute atomic E-state index is 11.5. The van der Waals surface area contributed by atoms with Crippen molar-refractivity contribution < 1.29 is 19.4 Å². The number of aliphatic hydroxyl groups excluding tert-OH is 1. The van der Waals surface area contributed by atoms with Crippen molar-refractivity contribution in [3.05, 3.63) is 17.8 Å². The van der Waals surface area contributed by atoms with Gasteiger partial charge in [-0.2, -0.15) is 0 Å². The lowest BCUT2D eigenvalue weighted by Gasteiger charge is -2.08. The number of aliphatic hydroxyl groups is 1. The lowest BCUT2D eigenvalue weighted by molar-refractivity contribution is -0.143. The molecule has 0 aromatic carbocycles. The van der Waals surface area contributed by atoms with E-state index in [4.69, 9.17) is 9.47 Å². The number of hydrogen-bond donors (Lipinski definition) is 1. The highest BCUT2D eigenvalue weighted by Crippen LogP contribution is 2.13. The monoisotopic (exact) mass is 242 g/mol. The molecule has 0 heterocycles. The summed E-state index contributed by atoms with van der Waals surface area (Å²) in [5.74, 6) is -0.969. The van der Waals surface area contributed by atoms with Gasteiger partial charge in [-0.05, 0) is 25.2 Å². The van der Waals surface area contributed by atoms with Crippen molar-refractivity contribution in [1.82, 2.24) is 0 Å². The van der Waals surface area contributed by atoms with Gasteiger partial charge in [-0.25, -0.2) is 0 Å². The van der Waals surface area contributed by atoms with Crippen molar-refractivity contribution in [1.29, 1.82) is 0 Å². The third-order valence-corrected chi connectivity index (χ3v) is 2.31. The second kappa shape index (κ2) is 9.79. The Morgan fingerprint density at radius 1 is 1.41 bits per heavy atom. The van der Waals surface area contributed by atoms with Crippen molar-refractivity contribution in [3.63, 3.8) is 0 Å². The Labute approximate surface area is 103 Å². The van der Waals surface area contributed by atoms with Crippen LogP contribution in [-0.2, 0) is 14.3 Å². The van der Waals surface area contributed by atoms with Gasteiger partial charge < -0.3 is 14.6 Å². The van der Waals surface area contributed by atoms with Crippen LogP contribution < -0.4 is 0 Å². The molecule has 0 radical (unpaired) electrons. The lowest BCUT2D eigenvalue weighted by Crippen LogP contribution is -2.13. The third-order valence-electron chi connectivity index (χ3n) is 2.31. The molecule has 0 aromatic rings. The molecule has 0 saturated heterocycles. The van der Waals surface area contributed by atoms with E-state index < -0.39 is 0 Å². The molecule has 0 aliphatic rings. The van der Waals surface area contributed by atoms with E-state index >= 15 is 0 Å². The minimum Gasteiger partial charge on any atom is -0.475 e. The number of ether oxygens (including phenoxy) is 2. The Bertz CT molecular complexity index is 277. The molecule has 98 valence electrons. The van der Waals surface area contributed by atoms with Crippen molar-refractivity contribution in [2.45, 2.75) is 39.5 Å². The average molecular weight is 242 g/mol. The Kier molecular flexibility index (Phi) is 8.98. The van der Waals surface area contributed by atoms with E-state index in [1.807, 2.05) is 0 Å². The fourth-order valence-electron chi connectivity index (χ4n) is 1.39. The molecule has 0 spiro atoms. The predicted molar refractivity (Wildman–Crippen MR) is 65.5 cm³/mol. The number of esters is 1. The van der Waals surface area contributed by atoms with Crippen LogP contribution in [0, 0.1) is 5.92 Å². The smallest absolute Gasteiger partial charge is 0.324 e. The first-order valence-corrected chi connectivity index (χ1v) is 6.02. The molecule has 0 rings (SSSR count). The molecule has 0 aliphatic heterocycles. The van der Waals surface area contributed by atoms with Crippen LogP contribution in [0.4, 0.5) is 0 Å². The Morgan fingerprint density at radius 3 is 2.65 bits per heavy atom. The maximum Gasteiger partial charge on any atom is 0.324 e. The van der Waals surface area contributed by atoms with E-state index in [-0.39, 0.29) is 17.8 Å². The highest BCUT2D eigenvalue weighted by Gasteiger charge is 2.15. The summed E-state index contributed by atoms with van der Waals surface area (Å²) in [6, 6.07) is 0. The number of hydrogen-bond acceptors (Lipinski definition) is 4. The summed E-state index contributed by atoms with van der Waals surface area (Å²) < 4.78 is 9.50. The summed E-state index contributed by atoms with van der Waals surface area (Å²) in [6.07, 6.45) is 5.32. The topological polar surface area (TPSA) is 55.8 Å². The van der Waals surface area contributed by atoms with Crippen LogP contribution in [0.15, 0.2) is 17.8 Å². The summed E-state index contributed by atoms with van der Waals surface area (Å²) in [5.41, 5.74) is 2.55. The number of carbonyl (C=O) groups is 1. The van der Waals surface area contributed by atoms with E-state index in [9.17, 15) is 9.90 Å². The minimum absolute atomic E-state index is 0.295. The third kappa shape index (κ3) is 7.47. The van der Waals surface area contributed by atoms with Gasteiger partial charge in [0.1, 0.15) is 0 Å². The van der Waals surface area contributed by atoms with Crippen molar-refractivity contribution in [2.75, 3.05) is 13.7 Å². The van der Waals surface area contributed by atoms with Gasteiger partial charge in [-0.1, -0.05) is 26.2 Å². The number of rotatable bonds is 8. The van der Waals surface area contributed by atoms with Crippen molar-refractivity contribution in [3.8, 4) is 0 Å². The summed E-state index contributed by atoms with van der Waals surface area (Å²) >= 11 is 0. The molecule has 1 atom stereocenters. The molecule has 4 nitrogen and oxygen atoms in total. The molecule has 0 saturated carbocycles. The van der Waals surface area contributed by atoms with Gasteiger partial charge in [0.25, 0.3) is 0 Å². The van der Waals surface area contributed by atoms with E-state index in [1.54, 1.807) is 6.92 Å². The molecule has 0 aromatic heterocycles. The fraction of sp³-hybridized carbons (Fsp3) is 0.692. The second-order valence-electron chi connectivity index (χ2n) is 3.67. The van der Waals surface area contributed by atoms with Crippen LogP contribution in [0.1, 0.15) is 39.5 Å². The summed E-state index contributed by atoms with van der Waals surface area (Å²) in [5, 5.41) is 9.22. The van der Waals surface area contributed by atoms with Crippen LogP contribution in [0.25, 0.3) is 0 Å². The normalized spacial score (nSPS) is 11.2. The highest BCUT2D eigenvalue weighted by atomic mass is 16.6. The van der Waals surface area contributed by atoms with Crippen LogP contribution in [0.3, 0.4) is 0 Å². The second-order valence-corrected chi connectivity index (χ2v) is 3.67. The van der Waals surface area contributed by atoms with Crippen LogP contribution in [0.5, 0.6) is 0 Å².